The first-order valence-corrected chi connectivity index (χ1v) is 6.05. The molecule has 0 unspecified atom stereocenters. The van der Waals surface area contributed by atoms with Crippen molar-refractivity contribution in [2.45, 2.75) is 0 Å². The average Bonchev–Trinajstić information content (AvgIpc) is 2.98. The second kappa shape index (κ2) is 4.97. The van der Waals surface area contributed by atoms with E-state index in [-0.39, 0.29) is 5.69 Å². The molecule has 1 aromatic heterocycles. The Balaban J connectivity index is 1.98. The molecule has 0 amide bonds. The summed E-state index contributed by atoms with van der Waals surface area (Å²) >= 11 is 0. The van der Waals surface area contributed by atoms with Gasteiger partial charge in [-0.2, -0.15) is 0 Å². The van der Waals surface area contributed by atoms with Crippen molar-refractivity contribution in [1.29, 1.82) is 0 Å². The summed E-state index contributed by atoms with van der Waals surface area (Å²) < 4.78 is 1.30. The maximum atomic E-state index is 11.0. The number of nitrogens with zero attached hydrogens (tertiary/aromatic N) is 3. The molecule has 0 aliphatic heterocycles. The predicted molar refractivity (Wildman–Crippen MR) is 73.8 cm³/mol. The van der Waals surface area contributed by atoms with Crippen LogP contribution in [0.2, 0.25) is 0 Å². The van der Waals surface area contributed by atoms with Crippen LogP contribution < -0.4 is 0 Å². The summed E-state index contributed by atoms with van der Waals surface area (Å²) in [7, 11) is 0. The highest BCUT2D eigenvalue weighted by Crippen LogP contribution is 2.20. The second-order valence-electron chi connectivity index (χ2n) is 4.25. The van der Waals surface area contributed by atoms with Crippen molar-refractivity contribution in [2.75, 3.05) is 0 Å². The first kappa shape index (κ1) is 12.1. The minimum atomic E-state index is -1.05. The number of carbonyl (C=O) groups is 1. The van der Waals surface area contributed by atoms with Gasteiger partial charge in [0.05, 0.1) is 11.9 Å². The van der Waals surface area contributed by atoms with E-state index in [0.717, 1.165) is 11.1 Å². The lowest BCUT2D eigenvalue weighted by molar-refractivity contribution is 0.0687. The summed E-state index contributed by atoms with van der Waals surface area (Å²) in [6, 6.07) is 17.5. The van der Waals surface area contributed by atoms with Gasteiger partial charge in [-0.1, -0.05) is 47.7 Å². The Morgan fingerprint density at radius 1 is 0.950 bits per heavy atom. The van der Waals surface area contributed by atoms with Crippen LogP contribution in [0.1, 0.15) is 10.5 Å². The smallest absolute Gasteiger partial charge is 0.356 e. The Bertz CT molecular complexity index is 733. The van der Waals surface area contributed by atoms with Gasteiger partial charge in [0.1, 0.15) is 0 Å². The molecule has 5 heteroatoms. The van der Waals surface area contributed by atoms with Gasteiger partial charge in [0.15, 0.2) is 5.69 Å². The zero-order valence-electron chi connectivity index (χ0n) is 10.5. The van der Waals surface area contributed by atoms with Gasteiger partial charge in [0, 0.05) is 0 Å². The van der Waals surface area contributed by atoms with Crippen LogP contribution in [0.25, 0.3) is 16.8 Å². The van der Waals surface area contributed by atoms with Gasteiger partial charge < -0.3 is 5.11 Å². The molecule has 2 aromatic carbocycles. The normalized spacial score (nSPS) is 10.4. The van der Waals surface area contributed by atoms with Gasteiger partial charge >= 0.3 is 5.97 Å². The fraction of sp³-hybridized carbons (Fsp3) is 0. The molecule has 0 spiro atoms. The van der Waals surface area contributed by atoms with Crippen molar-refractivity contribution >= 4 is 5.97 Å². The topological polar surface area (TPSA) is 68.0 Å². The highest BCUT2D eigenvalue weighted by molar-refractivity contribution is 5.85. The average molecular weight is 265 g/mol. The first-order valence-electron chi connectivity index (χ1n) is 6.05. The summed E-state index contributed by atoms with van der Waals surface area (Å²) in [6.07, 6.45) is 1.23. The minimum Gasteiger partial charge on any atom is -0.476 e. The molecule has 0 bridgehead atoms. The molecule has 98 valence electrons. The maximum absolute atomic E-state index is 11.0. The van der Waals surface area contributed by atoms with Gasteiger partial charge in [-0.15, -0.1) is 5.10 Å². The number of rotatable bonds is 3. The Morgan fingerprint density at radius 3 is 2.25 bits per heavy atom. The number of aromatic nitrogens is 3. The summed E-state index contributed by atoms with van der Waals surface area (Å²) in [5.41, 5.74) is 2.87. The number of benzene rings is 2. The lowest BCUT2D eigenvalue weighted by Crippen LogP contribution is -2.07. The zero-order chi connectivity index (χ0) is 13.9. The highest BCUT2D eigenvalue weighted by atomic mass is 16.4. The molecule has 0 fully saturated rings. The third-order valence-corrected chi connectivity index (χ3v) is 2.99. The van der Waals surface area contributed by atoms with Gasteiger partial charge in [-0.25, -0.2) is 9.48 Å². The molecule has 0 atom stereocenters. The minimum absolute atomic E-state index is 0.0393. The van der Waals surface area contributed by atoms with Crippen LogP contribution in [0, 0.1) is 0 Å². The van der Waals surface area contributed by atoms with Crippen LogP contribution in [0.5, 0.6) is 0 Å². The molecule has 1 heterocycles. The van der Waals surface area contributed by atoms with Crippen molar-refractivity contribution in [2.24, 2.45) is 0 Å². The molecule has 0 saturated carbocycles. The van der Waals surface area contributed by atoms with Crippen molar-refractivity contribution in [1.82, 2.24) is 15.0 Å². The van der Waals surface area contributed by atoms with Crippen LogP contribution in [0.4, 0.5) is 0 Å². The van der Waals surface area contributed by atoms with Gasteiger partial charge in [0.2, 0.25) is 0 Å². The monoisotopic (exact) mass is 265 g/mol. The number of hydrogen-bond acceptors (Lipinski definition) is 3. The summed E-state index contributed by atoms with van der Waals surface area (Å²) in [5, 5.41) is 16.5. The SMILES string of the molecule is O=C(O)c1cnnn1-c1ccc(-c2ccccc2)cc1. The van der Waals surface area contributed by atoms with Crippen molar-refractivity contribution in [3.8, 4) is 16.8 Å². The van der Waals surface area contributed by atoms with E-state index >= 15 is 0 Å². The van der Waals surface area contributed by atoms with E-state index in [0.29, 0.717) is 5.69 Å². The predicted octanol–water partition coefficient (Wildman–Crippen LogP) is 2.63. The molecule has 0 aliphatic rings. The maximum Gasteiger partial charge on any atom is 0.356 e. The van der Waals surface area contributed by atoms with Crippen LogP contribution in [0.3, 0.4) is 0 Å². The Kier molecular flexibility index (Phi) is 3.01. The molecular formula is C15H11N3O2. The standard InChI is InChI=1S/C15H11N3O2/c19-15(20)14-10-16-17-18(14)13-8-6-12(7-9-13)11-4-2-1-3-5-11/h1-10H,(H,19,20). The van der Waals surface area contributed by atoms with E-state index in [9.17, 15) is 4.79 Å². The summed E-state index contributed by atoms with van der Waals surface area (Å²) in [6.45, 7) is 0. The van der Waals surface area contributed by atoms with Crippen LogP contribution in [-0.2, 0) is 0 Å². The van der Waals surface area contributed by atoms with Crippen LogP contribution >= 0.6 is 0 Å². The molecule has 5 nitrogen and oxygen atoms in total. The van der Waals surface area contributed by atoms with Gasteiger partial charge in [-0.05, 0) is 23.3 Å². The summed E-state index contributed by atoms with van der Waals surface area (Å²) in [5.74, 6) is -1.05. The second-order valence-corrected chi connectivity index (χ2v) is 4.25. The quantitative estimate of drug-likeness (QED) is 0.790. The largest absolute Gasteiger partial charge is 0.476 e. The van der Waals surface area contributed by atoms with E-state index < -0.39 is 5.97 Å². The van der Waals surface area contributed by atoms with Crippen molar-refractivity contribution < 1.29 is 9.90 Å². The van der Waals surface area contributed by atoms with Gasteiger partial charge in [0.25, 0.3) is 0 Å². The molecule has 1 N–H and O–H groups in total. The molecule has 0 aliphatic carbocycles. The van der Waals surface area contributed by atoms with Gasteiger partial charge in [-0.3, -0.25) is 0 Å². The number of aromatic carboxylic acids is 1. The molecule has 0 saturated heterocycles. The van der Waals surface area contributed by atoms with E-state index in [2.05, 4.69) is 10.3 Å². The lowest BCUT2D eigenvalue weighted by atomic mass is 10.1. The van der Waals surface area contributed by atoms with Crippen LogP contribution in [-0.4, -0.2) is 26.1 Å². The third kappa shape index (κ3) is 2.16. The molecule has 20 heavy (non-hydrogen) atoms. The first-order chi connectivity index (χ1) is 9.75. The van der Waals surface area contributed by atoms with E-state index in [4.69, 9.17) is 5.11 Å². The number of carboxylic acids is 1. The Morgan fingerprint density at radius 2 is 1.60 bits per heavy atom. The number of hydrogen-bond donors (Lipinski definition) is 1. The highest BCUT2D eigenvalue weighted by Gasteiger charge is 2.12. The molecule has 3 aromatic rings. The van der Waals surface area contributed by atoms with Crippen molar-refractivity contribution in [3.05, 3.63) is 66.5 Å². The third-order valence-electron chi connectivity index (χ3n) is 2.99. The van der Waals surface area contributed by atoms with Crippen molar-refractivity contribution in [3.63, 3.8) is 0 Å². The lowest BCUT2D eigenvalue weighted by Gasteiger charge is -2.05. The number of carboxylic acid groups (broad SMARTS) is 1. The molecule has 0 radical (unpaired) electrons. The molecule has 3 rings (SSSR count). The van der Waals surface area contributed by atoms with Crippen LogP contribution in [0.15, 0.2) is 60.8 Å². The Hall–Kier alpha value is -2.95. The summed E-state index contributed by atoms with van der Waals surface area (Å²) in [4.78, 5) is 11.0. The fourth-order valence-electron chi connectivity index (χ4n) is 2.00. The van der Waals surface area contributed by atoms with E-state index in [1.807, 2.05) is 54.6 Å². The van der Waals surface area contributed by atoms with E-state index in [1.165, 1.54) is 10.9 Å². The van der Waals surface area contributed by atoms with E-state index in [1.54, 1.807) is 0 Å². The fourth-order valence-corrected chi connectivity index (χ4v) is 2.00. The molecular weight excluding hydrogens is 254 g/mol. The zero-order valence-corrected chi connectivity index (χ0v) is 10.5. The Labute approximate surface area is 115 Å².